The summed E-state index contributed by atoms with van der Waals surface area (Å²) in [7, 11) is 0. The molecule has 3 rings (SSSR count). The number of fused-ring (bicyclic) bond motifs is 1. The first-order chi connectivity index (χ1) is 8.07. The van der Waals surface area contributed by atoms with Crippen LogP contribution in [0.25, 0.3) is 0 Å². The largest absolute Gasteiger partial charge is 0.457 e. The third-order valence-electron chi connectivity index (χ3n) is 5.62. The van der Waals surface area contributed by atoms with Crippen molar-refractivity contribution in [1.82, 2.24) is 0 Å². The number of ether oxygens (including phenoxy) is 1. The minimum absolute atomic E-state index is 0.165. The molecule has 3 fully saturated rings. The Morgan fingerprint density at radius 1 is 1.24 bits per heavy atom. The summed E-state index contributed by atoms with van der Waals surface area (Å²) < 4.78 is 5.62. The van der Waals surface area contributed by atoms with Crippen LogP contribution in [-0.2, 0) is 9.53 Å². The number of esters is 1. The molecular weight excluding hydrogens is 216 g/mol. The quantitative estimate of drug-likeness (QED) is 0.714. The van der Waals surface area contributed by atoms with Crippen molar-refractivity contribution in [3.05, 3.63) is 0 Å². The Balaban J connectivity index is 1.93. The molecule has 0 bridgehead atoms. The average molecular weight is 238 g/mol. The zero-order valence-electron chi connectivity index (χ0n) is 10.6. The minimum Gasteiger partial charge on any atom is -0.457 e. The molecule has 4 unspecified atom stereocenters. The van der Waals surface area contributed by atoms with E-state index in [9.17, 15) is 9.90 Å². The van der Waals surface area contributed by atoms with Crippen LogP contribution < -0.4 is 0 Å². The van der Waals surface area contributed by atoms with Crippen LogP contribution in [0, 0.1) is 11.3 Å². The van der Waals surface area contributed by atoms with E-state index in [1.807, 2.05) is 0 Å². The Kier molecular flexibility index (Phi) is 2.51. The van der Waals surface area contributed by atoms with Gasteiger partial charge in [0.25, 0.3) is 0 Å². The molecule has 4 atom stereocenters. The standard InChI is InChI=1S/C14H22O3/c1-13(9-11(15)12(16)17-13)14-7-3-2-5-10(14)6-4-8-14/h10-11,15H,2-9H2,1H3. The van der Waals surface area contributed by atoms with Crippen molar-refractivity contribution >= 4 is 5.97 Å². The summed E-state index contributed by atoms with van der Waals surface area (Å²) in [5.41, 5.74) is -0.247. The molecule has 96 valence electrons. The summed E-state index contributed by atoms with van der Waals surface area (Å²) in [6.45, 7) is 2.06. The van der Waals surface area contributed by atoms with Crippen molar-refractivity contribution in [1.29, 1.82) is 0 Å². The predicted molar refractivity (Wildman–Crippen MR) is 63.4 cm³/mol. The average Bonchev–Trinajstić information content (AvgIpc) is 2.83. The van der Waals surface area contributed by atoms with E-state index in [-0.39, 0.29) is 5.41 Å². The van der Waals surface area contributed by atoms with Crippen LogP contribution in [0.2, 0.25) is 0 Å². The van der Waals surface area contributed by atoms with E-state index >= 15 is 0 Å². The molecule has 17 heavy (non-hydrogen) atoms. The lowest BCUT2D eigenvalue weighted by Crippen LogP contribution is -2.49. The third kappa shape index (κ3) is 1.48. The van der Waals surface area contributed by atoms with Gasteiger partial charge in [-0.3, -0.25) is 0 Å². The summed E-state index contributed by atoms with van der Waals surface area (Å²) in [5.74, 6) is 0.303. The fourth-order valence-electron chi connectivity index (χ4n) is 4.77. The second-order valence-corrected chi connectivity index (χ2v) is 6.36. The summed E-state index contributed by atoms with van der Waals surface area (Å²) in [6.07, 6.45) is 8.35. The maximum absolute atomic E-state index is 11.5. The van der Waals surface area contributed by atoms with Gasteiger partial charge in [0.05, 0.1) is 0 Å². The molecule has 0 spiro atoms. The Morgan fingerprint density at radius 2 is 1.94 bits per heavy atom. The van der Waals surface area contributed by atoms with Crippen LogP contribution in [0.1, 0.15) is 58.3 Å². The highest BCUT2D eigenvalue weighted by molar-refractivity contribution is 5.77. The van der Waals surface area contributed by atoms with Crippen LogP contribution in [0.4, 0.5) is 0 Å². The number of cyclic esters (lactones) is 1. The van der Waals surface area contributed by atoms with Gasteiger partial charge < -0.3 is 9.84 Å². The Labute approximate surface area is 103 Å². The van der Waals surface area contributed by atoms with Gasteiger partial charge in [0.1, 0.15) is 5.60 Å². The van der Waals surface area contributed by atoms with E-state index in [0.29, 0.717) is 12.3 Å². The lowest BCUT2D eigenvalue weighted by Gasteiger charge is -2.49. The molecule has 3 aliphatic rings. The first kappa shape index (κ1) is 11.5. The minimum atomic E-state index is -0.891. The predicted octanol–water partition coefficient (Wildman–Crippen LogP) is 2.41. The lowest BCUT2D eigenvalue weighted by atomic mass is 9.58. The van der Waals surface area contributed by atoms with Crippen LogP contribution >= 0.6 is 0 Å². The molecule has 1 N–H and O–H groups in total. The highest BCUT2D eigenvalue weighted by Gasteiger charge is 2.61. The van der Waals surface area contributed by atoms with E-state index in [1.54, 1.807) is 0 Å². The number of hydrogen-bond donors (Lipinski definition) is 1. The van der Waals surface area contributed by atoms with Crippen LogP contribution in [0.5, 0.6) is 0 Å². The number of aliphatic hydroxyl groups is 1. The van der Waals surface area contributed by atoms with Gasteiger partial charge in [-0.15, -0.1) is 0 Å². The van der Waals surface area contributed by atoms with Gasteiger partial charge >= 0.3 is 5.97 Å². The summed E-state index contributed by atoms with van der Waals surface area (Å²) >= 11 is 0. The maximum Gasteiger partial charge on any atom is 0.335 e. The van der Waals surface area contributed by atoms with E-state index in [1.165, 1.54) is 44.9 Å². The highest BCUT2D eigenvalue weighted by atomic mass is 16.6. The zero-order chi connectivity index (χ0) is 12.1. The summed E-state index contributed by atoms with van der Waals surface area (Å²) in [4.78, 5) is 11.5. The maximum atomic E-state index is 11.5. The Morgan fingerprint density at radius 3 is 2.65 bits per heavy atom. The van der Waals surface area contributed by atoms with Crippen molar-refractivity contribution in [2.24, 2.45) is 11.3 Å². The summed E-state index contributed by atoms with van der Waals surface area (Å²) in [6, 6.07) is 0. The molecule has 1 heterocycles. The number of hydrogen-bond acceptors (Lipinski definition) is 3. The number of aliphatic hydroxyl groups excluding tert-OH is 1. The first-order valence-corrected chi connectivity index (χ1v) is 6.98. The molecular formula is C14H22O3. The third-order valence-corrected chi connectivity index (χ3v) is 5.62. The van der Waals surface area contributed by atoms with Crippen molar-refractivity contribution < 1.29 is 14.6 Å². The molecule has 0 amide bonds. The Hall–Kier alpha value is -0.570. The van der Waals surface area contributed by atoms with E-state index in [0.717, 1.165) is 0 Å². The fourth-order valence-corrected chi connectivity index (χ4v) is 4.77. The second-order valence-electron chi connectivity index (χ2n) is 6.36. The molecule has 0 aromatic rings. The highest BCUT2D eigenvalue weighted by Crippen LogP contribution is 2.61. The molecule has 2 aliphatic carbocycles. The molecule has 2 saturated carbocycles. The molecule has 0 radical (unpaired) electrons. The fraction of sp³-hybridized carbons (Fsp3) is 0.929. The van der Waals surface area contributed by atoms with Crippen LogP contribution in [0.3, 0.4) is 0 Å². The first-order valence-electron chi connectivity index (χ1n) is 6.98. The van der Waals surface area contributed by atoms with E-state index in [2.05, 4.69) is 6.92 Å². The second kappa shape index (κ2) is 3.71. The van der Waals surface area contributed by atoms with Gasteiger partial charge in [0.15, 0.2) is 6.10 Å². The molecule has 1 aliphatic heterocycles. The lowest BCUT2D eigenvalue weighted by molar-refractivity contribution is -0.168. The Bertz CT molecular complexity index is 340. The molecule has 0 aromatic heterocycles. The van der Waals surface area contributed by atoms with E-state index in [4.69, 9.17) is 4.74 Å². The zero-order valence-corrected chi connectivity index (χ0v) is 10.6. The van der Waals surface area contributed by atoms with Gasteiger partial charge in [-0.2, -0.15) is 0 Å². The molecule has 3 nitrogen and oxygen atoms in total. The van der Waals surface area contributed by atoms with Crippen molar-refractivity contribution in [3.8, 4) is 0 Å². The van der Waals surface area contributed by atoms with Gasteiger partial charge in [0.2, 0.25) is 0 Å². The monoisotopic (exact) mass is 238 g/mol. The SMILES string of the molecule is CC1(C23CCCCC2CCC3)CC(O)C(=O)O1. The molecule has 3 heteroatoms. The number of rotatable bonds is 1. The van der Waals surface area contributed by atoms with Gasteiger partial charge in [-0.05, 0) is 38.5 Å². The smallest absolute Gasteiger partial charge is 0.335 e. The normalized spacial score (nSPS) is 50.1. The van der Waals surface area contributed by atoms with Crippen molar-refractivity contribution in [2.45, 2.75) is 70.0 Å². The van der Waals surface area contributed by atoms with E-state index < -0.39 is 17.7 Å². The van der Waals surface area contributed by atoms with Crippen LogP contribution in [-0.4, -0.2) is 22.8 Å². The molecule has 0 aromatic carbocycles. The van der Waals surface area contributed by atoms with Gasteiger partial charge in [0, 0.05) is 11.8 Å². The number of carbonyl (C=O) groups excluding carboxylic acids is 1. The number of carbonyl (C=O) groups is 1. The topological polar surface area (TPSA) is 46.5 Å². The van der Waals surface area contributed by atoms with Gasteiger partial charge in [-0.1, -0.05) is 19.3 Å². The summed E-state index contributed by atoms with van der Waals surface area (Å²) in [5, 5.41) is 9.71. The molecule has 1 saturated heterocycles. The van der Waals surface area contributed by atoms with Crippen LogP contribution in [0.15, 0.2) is 0 Å². The van der Waals surface area contributed by atoms with Gasteiger partial charge in [-0.25, -0.2) is 4.79 Å². The van der Waals surface area contributed by atoms with Crippen molar-refractivity contribution in [3.63, 3.8) is 0 Å². The van der Waals surface area contributed by atoms with Crippen molar-refractivity contribution in [2.75, 3.05) is 0 Å².